The molecule has 5 nitrogen and oxygen atoms in total. The van der Waals surface area contributed by atoms with Crippen LogP contribution >= 0.6 is 11.8 Å². The Labute approximate surface area is 158 Å². The van der Waals surface area contributed by atoms with Gasteiger partial charge < -0.3 is 15.8 Å². The number of amides is 1. The molecule has 0 heterocycles. The van der Waals surface area contributed by atoms with Gasteiger partial charge in [0.2, 0.25) is 5.91 Å². The maximum atomic E-state index is 12.4. The maximum Gasteiger partial charge on any atom is 0.333 e. The molecule has 0 aromatic heterocycles. The molecule has 0 radical (unpaired) electrons. The van der Waals surface area contributed by atoms with Gasteiger partial charge in [0.05, 0.1) is 12.6 Å². The molecule has 0 fully saturated rings. The highest BCUT2D eigenvalue weighted by Gasteiger charge is 2.26. The minimum atomic E-state index is -0.853. The molecule has 6 heteroatoms. The fourth-order valence-corrected chi connectivity index (χ4v) is 3.30. The zero-order chi connectivity index (χ0) is 18.8. The fraction of sp³-hybridized carbons (Fsp3) is 0.300. The van der Waals surface area contributed by atoms with Crippen LogP contribution in [-0.2, 0) is 20.1 Å². The van der Waals surface area contributed by atoms with Crippen molar-refractivity contribution in [3.8, 4) is 0 Å². The van der Waals surface area contributed by atoms with E-state index in [2.05, 4.69) is 5.32 Å². The van der Waals surface area contributed by atoms with Gasteiger partial charge in [-0.3, -0.25) is 4.79 Å². The van der Waals surface area contributed by atoms with Crippen molar-refractivity contribution in [1.82, 2.24) is 5.32 Å². The lowest BCUT2D eigenvalue weighted by Crippen LogP contribution is -2.46. The van der Waals surface area contributed by atoms with Crippen molar-refractivity contribution in [2.45, 2.75) is 24.8 Å². The number of esters is 1. The predicted octanol–water partition coefficient (Wildman–Crippen LogP) is 2.67. The second-order valence-electron chi connectivity index (χ2n) is 5.71. The van der Waals surface area contributed by atoms with Crippen LogP contribution in [-0.4, -0.2) is 30.3 Å². The molecule has 2 aromatic carbocycles. The van der Waals surface area contributed by atoms with E-state index in [-0.39, 0.29) is 12.5 Å². The average Bonchev–Trinajstić information content (AvgIpc) is 2.67. The van der Waals surface area contributed by atoms with E-state index in [0.29, 0.717) is 11.3 Å². The summed E-state index contributed by atoms with van der Waals surface area (Å²) in [6, 6.07) is 17.4. The van der Waals surface area contributed by atoms with Crippen LogP contribution in [0, 0.1) is 0 Å². The van der Waals surface area contributed by atoms with Crippen molar-refractivity contribution in [3.63, 3.8) is 0 Å². The molecule has 1 amide bonds. The van der Waals surface area contributed by atoms with Crippen LogP contribution in [0.15, 0.2) is 60.7 Å². The Bertz CT molecular complexity index is 695. The number of ether oxygens (including phenoxy) is 1. The Hall–Kier alpha value is -2.31. The molecule has 0 aliphatic carbocycles. The molecule has 0 bridgehead atoms. The highest BCUT2D eigenvalue weighted by atomic mass is 32.2. The zero-order valence-electron chi connectivity index (χ0n) is 14.8. The van der Waals surface area contributed by atoms with E-state index < -0.39 is 18.1 Å². The van der Waals surface area contributed by atoms with Crippen LogP contribution in [0.5, 0.6) is 0 Å². The second-order valence-corrected chi connectivity index (χ2v) is 6.74. The summed E-state index contributed by atoms with van der Waals surface area (Å²) in [6.07, 6.45) is 0. The highest BCUT2D eigenvalue weighted by Crippen LogP contribution is 2.16. The number of carbonyl (C=O) groups is 2. The summed E-state index contributed by atoms with van der Waals surface area (Å²) in [5.41, 5.74) is 7.85. The van der Waals surface area contributed by atoms with Crippen molar-refractivity contribution in [2.24, 2.45) is 5.73 Å². The number of nitrogens with one attached hydrogen (secondary N) is 1. The number of benzene rings is 2. The van der Waals surface area contributed by atoms with Crippen molar-refractivity contribution < 1.29 is 14.3 Å². The molecule has 2 rings (SSSR count). The third-order valence-corrected chi connectivity index (χ3v) is 4.82. The third kappa shape index (κ3) is 6.20. The first-order valence-corrected chi connectivity index (χ1v) is 9.66. The largest absolute Gasteiger partial charge is 0.464 e. The molecule has 2 aromatic rings. The van der Waals surface area contributed by atoms with Crippen LogP contribution in [0.1, 0.15) is 24.1 Å². The highest BCUT2D eigenvalue weighted by molar-refractivity contribution is 7.98. The molecule has 3 N–H and O–H groups in total. The fourth-order valence-electron chi connectivity index (χ4n) is 2.35. The van der Waals surface area contributed by atoms with Crippen LogP contribution in [0.25, 0.3) is 0 Å². The normalized spacial score (nSPS) is 12.8. The molecule has 0 unspecified atom stereocenters. The van der Waals surface area contributed by atoms with Gasteiger partial charge >= 0.3 is 5.97 Å². The van der Waals surface area contributed by atoms with Crippen molar-refractivity contribution in [2.75, 3.05) is 12.4 Å². The Morgan fingerprint density at radius 2 is 1.69 bits per heavy atom. The summed E-state index contributed by atoms with van der Waals surface area (Å²) < 4.78 is 5.08. The van der Waals surface area contributed by atoms with Gasteiger partial charge in [-0.05, 0) is 18.1 Å². The van der Waals surface area contributed by atoms with Crippen LogP contribution in [0.4, 0.5) is 0 Å². The average molecular weight is 372 g/mol. The van der Waals surface area contributed by atoms with Crippen LogP contribution in [0.2, 0.25) is 0 Å². The first-order chi connectivity index (χ1) is 12.6. The quantitative estimate of drug-likeness (QED) is 0.662. The summed E-state index contributed by atoms with van der Waals surface area (Å²) in [7, 11) is 0. The summed E-state index contributed by atoms with van der Waals surface area (Å²) in [4.78, 5) is 24.6. The number of hydrogen-bond donors (Lipinski definition) is 2. The lowest BCUT2D eigenvalue weighted by Gasteiger charge is -2.20. The number of carbonyl (C=O) groups excluding carboxylic acids is 2. The van der Waals surface area contributed by atoms with E-state index in [4.69, 9.17) is 10.5 Å². The molecule has 0 spiro atoms. The number of thioether (sulfide) groups is 1. The monoisotopic (exact) mass is 372 g/mol. The SMILES string of the molecule is CCOC(=O)[C@H](NC(=O)[C@@H](N)CSCc1ccccc1)c1ccccc1. The summed E-state index contributed by atoms with van der Waals surface area (Å²) >= 11 is 1.58. The molecule has 0 aliphatic heterocycles. The molecule has 0 aliphatic rings. The van der Waals surface area contributed by atoms with E-state index in [1.165, 1.54) is 5.56 Å². The molecular formula is C20H24N2O3S. The Kier molecular flexibility index (Phi) is 8.18. The van der Waals surface area contributed by atoms with Gasteiger partial charge in [-0.25, -0.2) is 4.79 Å². The minimum absolute atomic E-state index is 0.247. The standard InChI is InChI=1S/C20H24N2O3S/c1-2-25-20(24)18(16-11-7-4-8-12-16)22-19(23)17(21)14-26-13-15-9-5-3-6-10-15/h3-12,17-18H,2,13-14,21H2,1H3,(H,22,23)/t17-,18+/m0/s1. The van der Waals surface area contributed by atoms with Crippen molar-refractivity contribution in [3.05, 3.63) is 71.8 Å². The van der Waals surface area contributed by atoms with Crippen molar-refractivity contribution >= 4 is 23.6 Å². The van der Waals surface area contributed by atoms with E-state index in [1.807, 2.05) is 48.5 Å². The van der Waals surface area contributed by atoms with Gasteiger partial charge in [0.1, 0.15) is 0 Å². The second kappa shape index (κ2) is 10.6. The number of nitrogens with two attached hydrogens (primary N) is 1. The number of rotatable bonds is 9. The lowest BCUT2D eigenvalue weighted by molar-refractivity contribution is -0.147. The van der Waals surface area contributed by atoms with Gasteiger partial charge in [0.15, 0.2) is 6.04 Å². The molecule has 138 valence electrons. The zero-order valence-corrected chi connectivity index (χ0v) is 15.6. The topological polar surface area (TPSA) is 81.4 Å². The number of hydrogen-bond acceptors (Lipinski definition) is 5. The van der Waals surface area contributed by atoms with Crippen LogP contribution < -0.4 is 11.1 Å². The lowest BCUT2D eigenvalue weighted by atomic mass is 10.1. The van der Waals surface area contributed by atoms with Crippen molar-refractivity contribution in [1.29, 1.82) is 0 Å². The molecule has 26 heavy (non-hydrogen) atoms. The van der Waals surface area contributed by atoms with E-state index in [9.17, 15) is 9.59 Å². The summed E-state index contributed by atoms with van der Waals surface area (Å²) in [5.74, 6) is 0.385. The Balaban J connectivity index is 1.91. The Morgan fingerprint density at radius 3 is 2.31 bits per heavy atom. The van der Waals surface area contributed by atoms with Gasteiger partial charge in [0.25, 0.3) is 0 Å². The molecule has 0 saturated carbocycles. The van der Waals surface area contributed by atoms with Gasteiger partial charge in [0, 0.05) is 11.5 Å². The molecule has 0 saturated heterocycles. The van der Waals surface area contributed by atoms with Crippen LogP contribution in [0.3, 0.4) is 0 Å². The first kappa shape index (κ1) is 20.0. The third-order valence-electron chi connectivity index (χ3n) is 3.69. The first-order valence-electron chi connectivity index (χ1n) is 8.51. The summed E-state index contributed by atoms with van der Waals surface area (Å²) in [5, 5.41) is 2.71. The van der Waals surface area contributed by atoms with Gasteiger partial charge in [-0.2, -0.15) is 11.8 Å². The molecule has 2 atom stereocenters. The molecular weight excluding hydrogens is 348 g/mol. The van der Waals surface area contributed by atoms with E-state index >= 15 is 0 Å². The van der Waals surface area contributed by atoms with E-state index in [0.717, 1.165) is 5.75 Å². The predicted molar refractivity (Wildman–Crippen MR) is 105 cm³/mol. The maximum absolute atomic E-state index is 12.4. The van der Waals surface area contributed by atoms with Gasteiger partial charge in [-0.15, -0.1) is 0 Å². The summed E-state index contributed by atoms with van der Waals surface area (Å²) in [6.45, 7) is 1.98. The minimum Gasteiger partial charge on any atom is -0.464 e. The smallest absolute Gasteiger partial charge is 0.333 e. The van der Waals surface area contributed by atoms with E-state index in [1.54, 1.807) is 30.8 Å². The Morgan fingerprint density at radius 1 is 1.08 bits per heavy atom. The van der Waals surface area contributed by atoms with Gasteiger partial charge in [-0.1, -0.05) is 60.7 Å².